The van der Waals surface area contributed by atoms with Crippen LogP contribution in [0.2, 0.25) is 0 Å². The van der Waals surface area contributed by atoms with Gasteiger partial charge >= 0.3 is 0 Å². The summed E-state index contributed by atoms with van der Waals surface area (Å²) in [6.07, 6.45) is 23.2. The molecule has 0 bridgehead atoms. The summed E-state index contributed by atoms with van der Waals surface area (Å²) in [6.45, 7) is 0. The van der Waals surface area contributed by atoms with Crippen molar-refractivity contribution in [3.63, 3.8) is 0 Å². The molecule has 2 fully saturated rings. The molecule has 0 aliphatic heterocycles. The highest BCUT2D eigenvalue weighted by atomic mass is 14.6. The molecule has 0 aromatic heterocycles. The number of hydrogen-bond acceptors (Lipinski definition) is 1. The van der Waals surface area contributed by atoms with Crippen LogP contribution in [0.3, 0.4) is 0 Å². The second-order valence-corrected chi connectivity index (χ2v) is 7.55. The van der Waals surface area contributed by atoms with E-state index in [-0.39, 0.29) is 0 Å². The average Bonchev–Trinajstić information content (AvgIpc) is 2.59. The van der Waals surface area contributed by atoms with Crippen LogP contribution in [-0.2, 0) is 0 Å². The Morgan fingerprint density at radius 3 is 1.15 bits per heavy atom. The molecule has 0 atom stereocenters. The molecule has 1 heteroatoms. The van der Waals surface area contributed by atoms with Gasteiger partial charge in [0, 0.05) is 6.04 Å². The summed E-state index contributed by atoms with van der Waals surface area (Å²) >= 11 is 0. The van der Waals surface area contributed by atoms with Gasteiger partial charge in [-0.05, 0) is 24.7 Å². The summed E-state index contributed by atoms with van der Waals surface area (Å²) in [7, 11) is 0. The first-order valence-electron chi connectivity index (χ1n) is 9.62. The fourth-order valence-electron chi connectivity index (χ4n) is 4.52. The van der Waals surface area contributed by atoms with E-state index in [1.54, 1.807) is 0 Å². The molecule has 2 aliphatic carbocycles. The minimum atomic E-state index is 0.497. The highest BCUT2D eigenvalue weighted by molar-refractivity contribution is 4.74. The zero-order valence-corrected chi connectivity index (χ0v) is 13.6. The third-order valence-corrected chi connectivity index (χ3v) is 5.87. The van der Waals surface area contributed by atoms with Crippen LogP contribution >= 0.6 is 0 Å². The molecular formula is C19H37N. The molecule has 0 aromatic rings. The number of hydrogen-bond donors (Lipinski definition) is 1. The highest BCUT2D eigenvalue weighted by Crippen LogP contribution is 2.34. The first kappa shape index (κ1) is 16.3. The Kier molecular flexibility index (Phi) is 8.02. The van der Waals surface area contributed by atoms with Gasteiger partial charge in [-0.1, -0.05) is 89.9 Å². The predicted octanol–water partition coefficient (Wildman–Crippen LogP) is 5.81. The van der Waals surface area contributed by atoms with Crippen LogP contribution in [-0.4, -0.2) is 6.04 Å². The third kappa shape index (κ3) is 6.16. The predicted molar refractivity (Wildman–Crippen MR) is 88.8 cm³/mol. The van der Waals surface area contributed by atoms with E-state index in [4.69, 9.17) is 5.73 Å². The minimum Gasteiger partial charge on any atom is -0.328 e. The normalized spacial score (nSPS) is 32.9. The average molecular weight is 280 g/mol. The molecule has 118 valence electrons. The maximum atomic E-state index is 6.16. The molecule has 2 N–H and O–H groups in total. The number of rotatable bonds is 1. The Labute approximate surface area is 127 Å². The summed E-state index contributed by atoms with van der Waals surface area (Å²) in [5, 5.41) is 0. The van der Waals surface area contributed by atoms with E-state index in [9.17, 15) is 0 Å². The molecule has 2 rings (SSSR count). The summed E-state index contributed by atoms with van der Waals surface area (Å²) in [4.78, 5) is 0. The van der Waals surface area contributed by atoms with Crippen molar-refractivity contribution in [2.45, 2.75) is 109 Å². The summed E-state index contributed by atoms with van der Waals surface area (Å²) < 4.78 is 0. The van der Waals surface area contributed by atoms with Crippen LogP contribution < -0.4 is 5.73 Å². The summed E-state index contributed by atoms with van der Waals surface area (Å²) in [5.74, 6) is 2.10. The van der Waals surface area contributed by atoms with E-state index in [1.807, 2.05) is 0 Å². The second kappa shape index (κ2) is 9.82. The Morgan fingerprint density at radius 1 is 0.400 bits per heavy atom. The molecule has 0 spiro atoms. The lowest BCUT2D eigenvalue weighted by Gasteiger charge is -2.28. The molecule has 20 heavy (non-hydrogen) atoms. The first-order valence-corrected chi connectivity index (χ1v) is 9.62. The first-order chi connectivity index (χ1) is 9.86. The molecule has 0 saturated heterocycles. The van der Waals surface area contributed by atoms with Gasteiger partial charge in [0.25, 0.3) is 0 Å². The molecule has 0 unspecified atom stereocenters. The smallest absolute Gasteiger partial charge is 0.00388 e. The van der Waals surface area contributed by atoms with Crippen LogP contribution in [0.1, 0.15) is 103 Å². The fourth-order valence-corrected chi connectivity index (χ4v) is 4.52. The van der Waals surface area contributed by atoms with Crippen LogP contribution in [0.5, 0.6) is 0 Å². The maximum Gasteiger partial charge on any atom is 0.00388 e. The van der Waals surface area contributed by atoms with Crippen molar-refractivity contribution in [1.29, 1.82) is 0 Å². The van der Waals surface area contributed by atoms with Gasteiger partial charge in [-0.3, -0.25) is 0 Å². The second-order valence-electron chi connectivity index (χ2n) is 7.55. The van der Waals surface area contributed by atoms with Crippen molar-refractivity contribution in [2.75, 3.05) is 0 Å². The highest BCUT2D eigenvalue weighted by Gasteiger charge is 2.22. The molecule has 1 nitrogen and oxygen atoms in total. The van der Waals surface area contributed by atoms with E-state index < -0.39 is 0 Å². The largest absolute Gasteiger partial charge is 0.328 e. The van der Waals surface area contributed by atoms with Crippen molar-refractivity contribution in [3.05, 3.63) is 0 Å². The molecule has 0 amide bonds. The Morgan fingerprint density at radius 2 is 0.700 bits per heavy atom. The van der Waals surface area contributed by atoms with Gasteiger partial charge < -0.3 is 5.73 Å². The van der Waals surface area contributed by atoms with Crippen LogP contribution in [0, 0.1) is 11.8 Å². The molecule has 2 saturated carbocycles. The van der Waals surface area contributed by atoms with E-state index >= 15 is 0 Å². The van der Waals surface area contributed by atoms with Crippen molar-refractivity contribution in [3.8, 4) is 0 Å². The Hall–Kier alpha value is -0.0400. The summed E-state index contributed by atoms with van der Waals surface area (Å²) in [6, 6.07) is 0.497. The van der Waals surface area contributed by atoms with Crippen molar-refractivity contribution < 1.29 is 0 Å². The van der Waals surface area contributed by atoms with Crippen molar-refractivity contribution >= 4 is 0 Å². The van der Waals surface area contributed by atoms with Crippen molar-refractivity contribution in [2.24, 2.45) is 17.6 Å². The molecule has 0 aromatic carbocycles. The Bertz CT molecular complexity index is 216. The zero-order valence-electron chi connectivity index (χ0n) is 13.6. The SMILES string of the molecule is NC1CCCCC(C2CCCCCCCC2)CCCC1. The van der Waals surface area contributed by atoms with Crippen LogP contribution in [0.25, 0.3) is 0 Å². The molecular weight excluding hydrogens is 242 g/mol. The van der Waals surface area contributed by atoms with Gasteiger partial charge in [-0.15, -0.1) is 0 Å². The molecule has 0 heterocycles. The van der Waals surface area contributed by atoms with E-state index in [0.717, 1.165) is 11.8 Å². The fraction of sp³-hybridized carbons (Fsp3) is 1.00. The monoisotopic (exact) mass is 279 g/mol. The van der Waals surface area contributed by atoms with Crippen LogP contribution in [0.15, 0.2) is 0 Å². The van der Waals surface area contributed by atoms with Gasteiger partial charge in [-0.25, -0.2) is 0 Å². The van der Waals surface area contributed by atoms with Gasteiger partial charge in [-0.2, -0.15) is 0 Å². The minimum absolute atomic E-state index is 0.497. The Balaban J connectivity index is 1.82. The van der Waals surface area contributed by atoms with E-state index in [1.165, 1.54) is 103 Å². The van der Waals surface area contributed by atoms with Gasteiger partial charge in [0.05, 0.1) is 0 Å². The lowest BCUT2D eigenvalue weighted by molar-refractivity contribution is 0.236. The standard InChI is InChI=1S/C19H37N/c20-19-15-9-7-13-18(14-8-10-16-19)17-11-5-3-1-2-4-6-12-17/h17-19H,1-16,20H2. The lowest BCUT2D eigenvalue weighted by atomic mass is 9.78. The lowest BCUT2D eigenvalue weighted by Crippen LogP contribution is -2.22. The molecule has 2 aliphatic rings. The van der Waals surface area contributed by atoms with Crippen molar-refractivity contribution in [1.82, 2.24) is 0 Å². The summed E-state index contributed by atoms with van der Waals surface area (Å²) in [5.41, 5.74) is 6.16. The van der Waals surface area contributed by atoms with Gasteiger partial charge in [0.15, 0.2) is 0 Å². The molecule has 0 radical (unpaired) electrons. The number of nitrogens with two attached hydrogens (primary N) is 1. The topological polar surface area (TPSA) is 26.0 Å². The zero-order chi connectivity index (χ0) is 14.0. The van der Waals surface area contributed by atoms with Gasteiger partial charge in [0.1, 0.15) is 0 Å². The maximum absolute atomic E-state index is 6.16. The van der Waals surface area contributed by atoms with Gasteiger partial charge in [0.2, 0.25) is 0 Å². The third-order valence-electron chi connectivity index (χ3n) is 5.87. The quantitative estimate of drug-likeness (QED) is 0.643. The van der Waals surface area contributed by atoms with E-state index in [0.29, 0.717) is 6.04 Å². The van der Waals surface area contributed by atoms with E-state index in [2.05, 4.69) is 0 Å². The van der Waals surface area contributed by atoms with Crippen LogP contribution in [0.4, 0.5) is 0 Å².